The molecule has 0 spiro atoms. The Kier molecular flexibility index (Phi) is 3.61. The summed E-state index contributed by atoms with van der Waals surface area (Å²) in [7, 11) is 0. The molecule has 1 aromatic heterocycles. The molecule has 20 heavy (non-hydrogen) atoms. The van der Waals surface area contributed by atoms with Crippen molar-refractivity contribution in [2.24, 2.45) is 0 Å². The van der Waals surface area contributed by atoms with Crippen LogP contribution in [-0.2, 0) is 12.6 Å². The Hall–Kier alpha value is -2.55. The largest absolute Gasteiger partial charge is 0.417 e. The number of anilines is 1. The minimum Gasteiger partial charge on any atom is -0.384 e. The van der Waals surface area contributed by atoms with Gasteiger partial charge >= 0.3 is 6.18 Å². The molecule has 0 amide bonds. The zero-order chi connectivity index (χ0) is 14.8. The van der Waals surface area contributed by atoms with Gasteiger partial charge in [-0.2, -0.15) is 18.4 Å². The van der Waals surface area contributed by atoms with Crippen molar-refractivity contribution in [2.75, 3.05) is 5.73 Å². The quantitative estimate of drug-likeness (QED) is 0.914. The summed E-state index contributed by atoms with van der Waals surface area (Å²) in [5, 5.41) is 8.76. The Morgan fingerprint density at radius 1 is 1.10 bits per heavy atom. The van der Waals surface area contributed by atoms with Crippen LogP contribution in [0.4, 0.5) is 19.0 Å². The normalized spacial score (nSPS) is 11.1. The van der Waals surface area contributed by atoms with Gasteiger partial charge in [0.25, 0.3) is 0 Å². The molecule has 2 rings (SSSR count). The van der Waals surface area contributed by atoms with Gasteiger partial charge in [-0.3, -0.25) is 0 Å². The van der Waals surface area contributed by atoms with Gasteiger partial charge in [-0.1, -0.05) is 18.2 Å². The van der Waals surface area contributed by atoms with Crippen molar-refractivity contribution in [3.8, 4) is 17.2 Å². The van der Waals surface area contributed by atoms with Gasteiger partial charge < -0.3 is 5.73 Å². The van der Waals surface area contributed by atoms with Crippen LogP contribution in [0.5, 0.6) is 0 Å². The number of benzene rings is 1. The lowest BCUT2D eigenvalue weighted by Gasteiger charge is -2.14. The van der Waals surface area contributed by atoms with E-state index in [1.807, 2.05) is 6.07 Å². The summed E-state index contributed by atoms with van der Waals surface area (Å²) in [4.78, 5) is 3.95. The maximum absolute atomic E-state index is 13.0. The van der Waals surface area contributed by atoms with Gasteiger partial charge in [-0.15, -0.1) is 0 Å². The van der Waals surface area contributed by atoms with Crippen molar-refractivity contribution < 1.29 is 13.2 Å². The summed E-state index contributed by atoms with van der Waals surface area (Å²) in [5.74, 6) is 0.170. The van der Waals surface area contributed by atoms with Gasteiger partial charge in [-0.05, 0) is 23.8 Å². The van der Waals surface area contributed by atoms with Crippen LogP contribution < -0.4 is 5.73 Å². The van der Waals surface area contributed by atoms with Gasteiger partial charge in [-0.25, -0.2) is 4.98 Å². The first-order valence-electron chi connectivity index (χ1n) is 5.72. The molecule has 3 nitrogen and oxygen atoms in total. The molecule has 0 fully saturated rings. The van der Waals surface area contributed by atoms with Gasteiger partial charge in [0.2, 0.25) is 0 Å². The molecule has 0 atom stereocenters. The Labute approximate surface area is 113 Å². The third kappa shape index (κ3) is 2.72. The Bertz CT molecular complexity index is 672. The summed E-state index contributed by atoms with van der Waals surface area (Å²) >= 11 is 0. The Morgan fingerprint density at radius 3 is 2.45 bits per heavy atom. The van der Waals surface area contributed by atoms with E-state index in [0.29, 0.717) is 0 Å². The van der Waals surface area contributed by atoms with Crippen molar-refractivity contribution >= 4 is 5.82 Å². The van der Waals surface area contributed by atoms with Crippen molar-refractivity contribution in [3.05, 3.63) is 47.7 Å². The molecule has 6 heteroatoms. The number of nitriles is 1. The Balaban J connectivity index is 2.67. The summed E-state index contributed by atoms with van der Waals surface area (Å²) in [6.07, 6.45) is -4.57. The Morgan fingerprint density at radius 2 is 1.80 bits per heavy atom. The minimum absolute atomic E-state index is 0.00208. The zero-order valence-corrected chi connectivity index (χ0v) is 10.3. The van der Waals surface area contributed by atoms with Crippen LogP contribution in [0.25, 0.3) is 11.1 Å². The molecule has 0 aliphatic carbocycles. The van der Waals surface area contributed by atoms with Crippen molar-refractivity contribution in [1.82, 2.24) is 4.98 Å². The van der Waals surface area contributed by atoms with Crippen LogP contribution in [0.1, 0.15) is 11.3 Å². The number of alkyl halides is 3. The summed E-state index contributed by atoms with van der Waals surface area (Å²) in [5.41, 5.74) is 5.27. The second kappa shape index (κ2) is 5.21. The van der Waals surface area contributed by atoms with E-state index in [2.05, 4.69) is 4.98 Å². The number of aromatic nitrogens is 1. The van der Waals surface area contributed by atoms with Crippen LogP contribution >= 0.6 is 0 Å². The molecule has 0 unspecified atom stereocenters. The highest BCUT2D eigenvalue weighted by Crippen LogP contribution is 2.37. The van der Waals surface area contributed by atoms with Crippen LogP contribution in [0.2, 0.25) is 0 Å². The molecule has 0 radical (unpaired) electrons. The molecule has 0 saturated carbocycles. The predicted molar refractivity (Wildman–Crippen MR) is 68.4 cm³/mol. The molecule has 1 aromatic carbocycles. The van der Waals surface area contributed by atoms with E-state index in [0.717, 1.165) is 6.07 Å². The van der Waals surface area contributed by atoms with Crippen molar-refractivity contribution in [3.63, 3.8) is 0 Å². The van der Waals surface area contributed by atoms with Gasteiger partial charge in [0.05, 0.1) is 23.7 Å². The van der Waals surface area contributed by atoms with E-state index in [4.69, 9.17) is 11.0 Å². The highest BCUT2D eigenvalue weighted by Gasteiger charge is 2.33. The predicted octanol–water partition coefficient (Wildman–Crippen LogP) is 3.42. The van der Waals surface area contributed by atoms with Crippen LogP contribution in [0.15, 0.2) is 36.4 Å². The first kappa shape index (κ1) is 13.9. The molecule has 1 heterocycles. The fourth-order valence-electron chi connectivity index (χ4n) is 1.94. The lowest BCUT2D eigenvalue weighted by molar-refractivity contribution is -0.137. The number of hydrogen-bond donors (Lipinski definition) is 1. The second-order valence-corrected chi connectivity index (χ2v) is 4.11. The first-order chi connectivity index (χ1) is 9.43. The summed E-state index contributed by atoms with van der Waals surface area (Å²) in [6, 6.07) is 9.95. The molecule has 0 bridgehead atoms. The number of halogens is 3. The maximum Gasteiger partial charge on any atom is 0.417 e. The molecular formula is C14H10F3N3. The standard InChI is InChI=1S/C14H10F3N3/c15-14(16,17)11-4-2-1-3-9(11)10-5-6-13(19)20-12(10)7-8-18/h1-6H,7H2,(H2,19,20). The van der Waals surface area contributed by atoms with Gasteiger partial charge in [0.1, 0.15) is 5.82 Å². The van der Waals surface area contributed by atoms with E-state index in [-0.39, 0.29) is 29.1 Å². The highest BCUT2D eigenvalue weighted by atomic mass is 19.4. The maximum atomic E-state index is 13.0. The lowest BCUT2D eigenvalue weighted by Crippen LogP contribution is -2.08. The monoisotopic (exact) mass is 277 g/mol. The van der Waals surface area contributed by atoms with E-state index in [9.17, 15) is 13.2 Å². The van der Waals surface area contributed by atoms with Crippen molar-refractivity contribution in [1.29, 1.82) is 5.26 Å². The average molecular weight is 277 g/mol. The highest BCUT2D eigenvalue weighted by molar-refractivity contribution is 5.71. The summed E-state index contributed by atoms with van der Waals surface area (Å²) in [6.45, 7) is 0. The third-order valence-corrected chi connectivity index (χ3v) is 2.76. The SMILES string of the molecule is N#CCc1nc(N)ccc1-c1ccccc1C(F)(F)F. The molecule has 0 aliphatic rings. The van der Waals surface area contributed by atoms with E-state index in [1.165, 1.54) is 30.3 Å². The summed E-state index contributed by atoms with van der Waals surface area (Å²) < 4.78 is 39.1. The molecule has 2 aromatic rings. The van der Waals surface area contributed by atoms with Crippen molar-refractivity contribution in [2.45, 2.75) is 12.6 Å². The van der Waals surface area contributed by atoms with E-state index < -0.39 is 11.7 Å². The fraction of sp³-hybridized carbons (Fsp3) is 0.143. The second-order valence-electron chi connectivity index (χ2n) is 4.11. The third-order valence-electron chi connectivity index (χ3n) is 2.76. The number of nitrogens with two attached hydrogens (primary N) is 1. The van der Waals surface area contributed by atoms with Gasteiger partial charge in [0, 0.05) is 5.56 Å². The molecular weight excluding hydrogens is 267 g/mol. The fourth-order valence-corrected chi connectivity index (χ4v) is 1.94. The average Bonchev–Trinajstić information content (AvgIpc) is 2.38. The number of rotatable bonds is 2. The van der Waals surface area contributed by atoms with Crippen LogP contribution in [-0.4, -0.2) is 4.98 Å². The van der Waals surface area contributed by atoms with E-state index in [1.54, 1.807) is 0 Å². The molecule has 0 aliphatic heterocycles. The van der Waals surface area contributed by atoms with E-state index >= 15 is 0 Å². The minimum atomic E-state index is -4.47. The number of pyridine rings is 1. The number of nitrogen functional groups attached to an aromatic ring is 1. The zero-order valence-electron chi connectivity index (χ0n) is 10.3. The topological polar surface area (TPSA) is 62.7 Å². The number of nitrogens with zero attached hydrogens (tertiary/aromatic N) is 2. The molecule has 0 saturated heterocycles. The number of hydrogen-bond acceptors (Lipinski definition) is 3. The smallest absolute Gasteiger partial charge is 0.384 e. The molecule has 2 N–H and O–H groups in total. The molecule has 102 valence electrons. The van der Waals surface area contributed by atoms with Crippen LogP contribution in [0.3, 0.4) is 0 Å². The first-order valence-corrected chi connectivity index (χ1v) is 5.72. The lowest BCUT2D eigenvalue weighted by atomic mass is 9.97. The van der Waals surface area contributed by atoms with Crippen LogP contribution in [0, 0.1) is 11.3 Å². The van der Waals surface area contributed by atoms with Gasteiger partial charge in [0.15, 0.2) is 0 Å².